The van der Waals surface area contributed by atoms with Gasteiger partial charge in [-0.05, 0) is 31.4 Å². The van der Waals surface area contributed by atoms with Crippen LogP contribution in [0.5, 0.6) is 0 Å². The van der Waals surface area contributed by atoms with Gasteiger partial charge in [-0.2, -0.15) is 0 Å². The largest absolute Gasteiger partial charge is 0.478 e. The molecule has 2 fully saturated rings. The highest BCUT2D eigenvalue weighted by atomic mass is 16.5. The highest BCUT2D eigenvalue weighted by Crippen LogP contribution is 2.34. The van der Waals surface area contributed by atoms with Crippen LogP contribution in [0.2, 0.25) is 0 Å². The molecule has 2 aliphatic rings. The molecule has 0 spiro atoms. The van der Waals surface area contributed by atoms with Gasteiger partial charge in [0.1, 0.15) is 5.69 Å². The molecule has 1 amide bonds. The van der Waals surface area contributed by atoms with Gasteiger partial charge in [-0.25, -0.2) is 4.79 Å². The smallest absolute Gasteiger partial charge is 0.335 e. The van der Waals surface area contributed by atoms with E-state index in [4.69, 9.17) is 9.84 Å². The number of carbonyl (C=O) groups excluding carboxylic acids is 1. The number of aromatic nitrogens is 1. The van der Waals surface area contributed by atoms with Crippen LogP contribution in [-0.2, 0) is 4.74 Å². The fourth-order valence-corrected chi connectivity index (χ4v) is 2.72. The first kappa shape index (κ1) is 12.1. The molecule has 6 nitrogen and oxygen atoms in total. The molecule has 2 saturated heterocycles. The summed E-state index contributed by atoms with van der Waals surface area (Å²) in [5.41, 5.74) is 0.187. The first-order chi connectivity index (χ1) is 9.13. The number of nitrogens with zero attached hydrogens (tertiary/aromatic N) is 1. The van der Waals surface area contributed by atoms with Gasteiger partial charge in [0.25, 0.3) is 5.91 Å². The molecule has 0 unspecified atom stereocenters. The lowest BCUT2D eigenvalue weighted by Gasteiger charge is -2.19. The van der Waals surface area contributed by atoms with E-state index in [9.17, 15) is 9.59 Å². The van der Waals surface area contributed by atoms with Crippen LogP contribution in [0.15, 0.2) is 18.3 Å². The van der Waals surface area contributed by atoms with Crippen LogP contribution >= 0.6 is 0 Å². The summed E-state index contributed by atoms with van der Waals surface area (Å²) in [6, 6.07) is 2.66. The molecular weight excluding hydrogens is 248 g/mol. The van der Waals surface area contributed by atoms with Crippen LogP contribution in [0.25, 0.3) is 0 Å². The topological polar surface area (TPSA) is 88.5 Å². The number of ether oxygens (including phenoxy) is 1. The predicted octanol–water partition coefficient (Wildman–Crippen LogP) is 0.829. The molecule has 1 aromatic rings. The van der Waals surface area contributed by atoms with E-state index in [1.807, 2.05) is 0 Å². The number of nitrogens with one attached hydrogen (secondary N) is 1. The normalized spacial score (nSPS) is 28.3. The van der Waals surface area contributed by atoms with Crippen LogP contribution in [0.3, 0.4) is 0 Å². The minimum Gasteiger partial charge on any atom is -0.478 e. The molecule has 3 heterocycles. The fraction of sp³-hybridized carbons (Fsp3) is 0.462. The van der Waals surface area contributed by atoms with Gasteiger partial charge < -0.3 is 15.2 Å². The molecule has 6 heteroatoms. The van der Waals surface area contributed by atoms with E-state index in [1.165, 1.54) is 18.3 Å². The van der Waals surface area contributed by atoms with Crippen molar-refractivity contribution in [1.29, 1.82) is 0 Å². The summed E-state index contributed by atoms with van der Waals surface area (Å²) in [5, 5.41) is 11.8. The van der Waals surface area contributed by atoms with E-state index >= 15 is 0 Å². The quantitative estimate of drug-likeness (QED) is 0.842. The summed E-state index contributed by atoms with van der Waals surface area (Å²) in [6.45, 7) is 0. The number of carbonyl (C=O) groups is 2. The summed E-state index contributed by atoms with van der Waals surface area (Å²) in [4.78, 5) is 26.8. The maximum absolute atomic E-state index is 12.0. The van der Waals surface area contributed by atoms with Gasteiger partial charge in [0, 0.05) is 6.20 Å². The SMILES string of the molecule is O=C(O)c1ccnc(C(=O)N[C@@H]2C[C@H]3CC[C@@H]2O3)c1. The highest BCUT2D eigenvalue weighted by Gasteiger charge is 2.41. The summed E-state index contributed by atoms with van der Waals surface area (Å²) in [6.07, 6.45) is 4.54. The Balaban J connectivity index is 1.70. The minimum absolute atomic E-state index is 0.0153. The van der Waals surface area contributed by atoms with Crippen LogP contribution < -0.4 is 5.32 Å². The van der Waals surface area contributed by atoms with Crippen LogP contribution in [0.4, 0.5) is 0 Å². The lowest BCUT2D eigenvalue weighted by Crippen LogP contribution is -2.41. The standard InChI is InChI=1S/C13H14N2O4/c16-12(10-5-7(13(17)18)3-4-14-10)15-9-6-8-1-2-11(9)19-8/h3-5,8-9,11H,1-2,6H2,(H,15,16)(H,17,18)/t8-,9-,11+/m1/s1. The average Bonchev–Trinajstić information content (AvgIpc) is 3.01. The Morgan fingerprint density at radius 1 is 1.42 bits per heavy atom. The second-order valence-corrected chi connectivity index (χ2v) is 4.92. The predicted molar refractivity (Wildman–Crippen MR) is 65.0 cm³/mol. The van der Waals surface area contributed by atoms with Crippen molar-refractivity contribution >= 4 is 11.9 Å². The van der Waals surface area contributed by atoms with Crippen molar-refractivity contribution in [2.45, 2.75) is 37.5 Å². The summed E-state index contributed by atoms with van der Waals surface area (Å²) in [5.74, 6) is -1.41. The van der Waals surface area contributed by atoms with Gasteiger partial charge in [-0.15, -0.1) is 0 Å². The number of pyridine rings is 1. The third-order valence-corrected chi connectivity index (χ3v) is 3.66. The molecular formula is C13H14N2O4. The first-order valence-electron chi connectivity index (χ1n) is 6.29. The molecule has 0 aromatic carbocycles. The lowest BCUT2D eigenvalue weighted by atomic mass is 9.95. The van der Waals surface area contributed by atoms with Crippen molar-refractivity contribution in [2.75, 3.05) is 0 Å². The number of carboxylic acids is 1. The molecule has 2 aliphatic heterocycles. The van der Waals surface area contributed by atoms with Crippen molar-refractivity contribution in [3.8, 4) is 0 Å². The van der Waals surface area contributed by atoms with Crippen LogP contribution in [-0.4, -0.2) is 40.2 Å². The van der Waals surface area contributed by atoms with E-state index in [1.54, 1.807) is 0 Å². The zero-order valence-electron chi connectivity index (χ0n) is 10.2. The zero-order chi connectivity index (χ0) is 13.4. The maximum atomic E-state index is 12.0. The maximum Gasteiger partial charge on any atom is 0.335 e. The Kier molecular flexibility index (Phi) is 2.94. The second kappa shape index (κ2) is 4.62. The van der Waals surface area contributed by atoms with Crippen molar-refractivity contribution in [1.82, 2.24) is 10.3 Å². The van der Waals surface area contributed by atoms with Crippen molar-refractivity contribution in [3.05, 3.63) is 29.6 Å². The third kappa shape index (κ3) is 2.31. The van der Waals surface area contributed by atoms with Crippen molar-refractivity contribution < 1.29 is 19.4 Å². The van der Waals surface area contributed by atoms with E-state index in [0.29, 0.717) is 0 Å². The number of rotatable bonds is 3. The monoisotopic (exact) mass is 262 g/mol. The van der Waals surface area contributed by atoms with E-state index in [0.717, 1.165) is 19.3 Å². The summed E-state index contributed by atoms with van der Waals surface area (Å²) < 4.78 is 5.65. The molecule has 0 saturated carbocycles. The Morgan fingerprint density at radius 3 is 2.89 bits per heavy atom. The van der Waals surface area contributed by atoms with Gasteiger partial charge in [0.05, 0.1) is 23.8 Å². The number of amides is 1. The molecule has 1 aromatic heterocycles. The summed E-state index contributed by atoms with van der Waals surface area (Å²) >= 11 is 0. The van der Waals surface area contributed by atoms with E-state index in [2.05, 4.69) is 10.3 Å². The van der Waals surface area contributed by atoms with Gasteiger partial charge >= 0.3 is 5.97 Å². The van der Waals surface area contributed by atoms with E-state index in [-0.39, 0.29) is 35.4 Å². The van der Waals surface area contributed by atoms with Gasteiger partial charge in [-0.1, -0.05) is 0 Å². The van der Waals surface area contributed by atoms with Gasteiger partial charge in [0.2, 0.25) is 0 Å². The molecule has 2 bridgehead atoms. The number of carboxylic acid groups (broad SMARTS) is 1. The molecule has 0 radical (unpaired) electrons. The minimum atomic E-state index is -1.07. The highest BCUT2D eigenvalue weighted by molar-refractivity contribution is 5.95. The van der Waals surface area contributed by atoms with Crippen molar-refractivity contribution in [2.24, 2.45) is 0 Å². The van der Waals surface area contributed by atoms with Crippen molar-refractivity contribution in [3.63, 3.8) is 0 Å². The van der Waals surface area contributed by atoms with Crippen LogP contribution in [0, 0.1) is 0 Å². The molecule has 100 valence electrons. The fourth-order valence-electron chi connectivity index (χ4n) is 2.72. The molecule has 3 rings (SSSR count). The van der Waals surface area contributed by atoms with Gasteiger partial charge in [0.15, 0.2) is 0 Å². The first-order valence-corrected chi connectivity index (χ1v) is 6.29. The third-order valence-electron chi connectivity index (χ3n) is 3.66. The zero-order valence-corrected chi connectivity index (χ0v) is 10.2. The van der Waals surface area contributed by atoms with Gasteiger partial charge in [-0.3, -0.25) is 9.78 Å². The Bertz CT molecular complexity index is 531. The number of hydrogen-bond acceptors (Lipinski definition) is 4. The van der Waals surface area contributed by atoms with Crippen LogP contribution in [0.1, 0.15) is 40.1 Å². The number of hydrogen-bond donors (Lipinski definition) is 2. The average molecular weight is 262 g/mol. The van der Waals surface area contributed by atoms with E-state index < -0.39 is 5.97 Å². The molecule has 19 heavy (non-hydrogen) atoms. The molecule has 3 atom stereocenters. The molecule has 0 aliphatic carbocycles. The Labute approximate surface area is 109 Å². The molecule has 2 N–H and O–H groups in total. The lowest BCUT2D eigenvalue weighted by molar-refractivity contribution is 0.0696. The summed E-state index contributed by atoms with van der Waals surface area (Å²) in [7, 11) is 0. The number of aromatic carboxylic acids is 1. The Morgan fingerprint density at radius 2 is 2.26 bits per heavy atom. The Hall–Kier alpha value is -1.95. The second-order valence-electron chi connectivity index (χ2n) is 4.92. The number of fused-ring (bicyclic) bond motifs is 2.